The number of alkyl halides is 2. The molecule has 0 saturated carbocycles. The second-order valence-corrected chi connectivity index (χ2v) is 22.3. The number of likely N-dealkylation sites (N-methyl/N-ethyl adjacent to an activating group) is 2. The maximum absolute atomic E-state index is 15.7. The molecular formula is C64H71ClF2N12O4. The summed E-state index contributed by atoms with van der Waals surface area (Å²) in [5.41, 5.74) is 5.00. The standard InChI is InChI=1S/C32H35FN6O2.C27H24ClFN4O2.C5H12N2/c1-22-18-23(2)28(36-30(40)25-6-9-29(35-21-25)38-16-14-37(3)15-17-38)19-27(22)31(41)39-12-10-32(33,11-13-39)26-7-4-24(20-34)5-8-26;1-17-13-18(2)23(32-25(34)20-5-8-24(28)31-16-20)14-22(17)26(35)33-11-9-27(29,10-12-33)21-6-3-19(15-30)4-7-21;1-7-4-2-6-3-5-7/h4-9,18-19,21H,10-17H2,1-3H3,(H,36,40);3-8,13-14,16H,9-12H2,1-2H3,(H,32,34);6H,2-5H2,1H3. The van der Waals surface area contributed by atoms with Crippen molar-refractivity contribution >= 4 is 52.4 Å². The molecule has 6 aromatic rings. The molecule has 4 fully saturated rings. The highest BCUT2D eigenvalue weighted by molar-refractivity contribution is 6.29. The molecule has 6 heterocycles. The van der Waals surface area contributed by atoms with Crippen LogP contribution in [0, 0.1) is 50.4 Å². The molecule has 4 amide bonds. The average molecular weight is 1150 g/mol. The van der Waals surface area contributed by atoms with Crippen LogP contribution in [0.15, 0.2) is 109 Å². The van der Waals surface area contributed by atoms with E-state index in [2.05, 4.69) is 60.8 Å². The molecule has 4 saturated heterocycles. The minimum atomic E-state index is -1.54. The number of nitrogens with zero attached hydrogens (tertiary/aromatic N) is 9. The van der Waals surface area contributed by atoms with Crippen molar-refractivity contribution in [1.29, 1.82) is 10.5 Å². The molecule has 4 aromatic carbocycles. The normalized spacial score (nSPS) is 16.8. The number of hydrogen-bond acceptors (Lipinski definition) is 12. The van der Waals surface area contributed by atoms with E-state index in [1.165, 1.54) is 25.4 Å². The Morgan fingerprint density at radius 2 is 0.952 bits per heavy atom. The maximum atomic E-state index is 15.7. The average Bonchev–Trinajstić information content (AvgIpc) is 3.62. The van der Waals surface area contributed by atoms with Crippen LogP contribution in [0.4, 0.5) is 26.0 Å². The Morgan fingerprint density at radius 1 is 0.542 bits per heavy atom. The number of hydrogen-bond donors (Lipinski definition) is 3. The summed E-state index contributed by atoms with van der Waals surface area (Å²) in [5.74, 6) is -0.185. The molecule has 0 unspecified atom stereocenters. The predicted molar refractivity (Wildman–Crippen MR) is 319 cm³/mol. The third kappa shape index (κ3) is 15.3. The lowest BCUT2D eigenvalue weighted by Gasteiger charge is -2.37. The molecule has 0 spiro atoms. The molecule has 0 atom stereocenters. The Labute approximate surface area is 490 Å². The lowest BCUT2D eigenvalue weighted by molar-refractivity contribution is 0.0412. The van der Waals surface area contributed by atoms with E-state index in [9.17, 15) is 19.2 Å². The zero-order valence-corrected chi connectivity index (χ0v) is 48.8. The molecule has 19 heteroatoms. The topological polar surface area (TPSA) is 194 Å². The van der Waals surface area contributed by atoms with E-state index in [0.29, 0.717) is 61.0 Å². The third-order valence-electron chi connectivity index (χ3n) is 16.0. The van der Waals surface area contributed by atoms with E-state index in [4.69, 9.17) is 22.1 Å². The van der Waals surface area contributed by atoms with Gasteiger partial charge in [0.05, 0.1) is 34.4 Å². The van der Waals surface area contributed by atoms with Crippen molar-refractivity contribution in [2.24, 2.45) is 0 Å². The number of likely N-dealkylation sites (tertiary alicyclic amines) is 2. The van der Waals surface area contributed by atoms with Gasteiger partial charge in [-0.15, -0.1) is 0 Å². The van der Waals surface area contributed by atoms with Gasteiger partial charge < -0.3 is 40.4 Å². The SMILES string of the molecule is CN1CCNCC1.Cc1cc(C)c(C(=O)N2CCC(F)(c3ccc(C#N)cc3)CC2)cc1NC(=O)c1ccc(Cl)nc1.Cc1cc(C)c(C(=O)N2CCC(F)(c3ccc(C#N)cc3)CC2)cc1NC(=O)c1ccc(N2CCN(C)CC2)nc1. The number of halogens is 3. The van der Waals surface area contributed by atoms with Crippen molar-refractivity contribution < 1.29 is 28.0 Å². The number of carbonyl (C=O) groups is 4. The van der Waals surface area contributed by atoms with Gasteiger partial charge in [-0.1, -0.05) is 48.0 Å². The van der Waals surface area contributed by atoms with Gasteiger partial charge in [-0.2, -0.15) is 10.5 Å². The molecule has 83 heavy (non-hydrogen) atoms. The predicted octanol–water partition coefficient (Wildman–Crippen LogP) is 9.77. The highest BCUT2D eigenvalue weighted by Gasteiger charge is 2.39. The number of aryl methyl sites for hydroxylation is 4. The minimum Gasteiger partial charge on any atom is -0.354 e. The van der Waals surface area contributed by atoms with E-state index < -0.39 is 11.3 Å². The van der Waals surface area contributed by atoms with Gasteiger partial charge in [-0.05, 0) is 136 Å². The van der Waals surface area contributed by atoms with Crippen LogP contribution in [0.25, 0.3) is 0 Å². The number of nitrogens with one attached hydrogen (secondary N) is 3. The summed E-state index contributed by atoms with van der Waals surface area (Å²) in [6.07, 6.45) is 3.67. The molecular weight excluding hydrogens is 1070 g/mol. The first-order valence-electron chi connectivity index (χ1n) is 28.0. The largest absolute Gasteiger partial charge is 0.354 e. The van der Waals surface area contributed by atoms with Gasteiger partial charge in [0.1, 0.15) is 22.3 Å². The summed E-state index contributed by atoms with van der Waals surface area (Å²) in [5, 5.41) is 27.3. The molecule has 4 aliphatic heterocycles. The molecule has 432 valence electrons. The van der Waals surface area contributed by atoms with Gasteiger partial charge in [0.15, 0.2) is 0 Å². The van der Waals surface area contributed by atoms with Crippen molar-refractivity contribution in [3.63, 3.8) is 0 Å². The highest BCUT2D eigenvalue weighted by Crippen LogP contribution is 2.39. The van der Waals surface area contributed by atoms with Gasteiger partial charge in [-0.25, -0.2) is 18.7 Å². The fourth-order valence-electron chi connectivity index (χ4n) is 10.6. The highest BCUT2D eigenvalue weighted by atomic mass is 35.5. The first-order chi connectivity index (χ1) is 39.8. The Bertz CT molecular complexity index is 3360. The Morgan fingerprint density at radius 3 is 1.31 bits per heavy atom. The number of anilines is 3. The fourth-order valence-corrected chi connectivity index (χ4v) is 10.7. The first-order valence-corrected chi connectivity index (χ1v) is 28.4. The molecule has 4 aliphatic rings. The Kier molecular flexibility index (Phi) is 20.0. The molecule has 0 bridgehead atoms. The molecule has 3 N–H and O–H groups in total. The van der Waals surface area contributed by atoms with E-state index in [0.717, 1.165) is 67.3 Å². The van der Waals surface area contributed by atoms with Crippen LogP contribution in [0.3, 0.4) is 0 Å². The number of carbonyl (C=O) groups excluding carboxylic acids is 4. The number of benzene rings is 4. The molecule has 10 rings (SSSR count). The smallest absolute Gasteiger partial charge is 0.257 e. The van der Waals surface area contributed by atoms with Crippen molar-refractivity contribution in [2.75, 3.05) is 108 Å². The molecule has 2 aromatic heterocycles. The lowest BCUT2D eigenvalue weighted by atomic mass is 9.85. The van der Waals surface area contributed by atoms with Crippen LogP contribution in [0.5, 0.6) is 0 Å². The van der Waals surface area contributed by atoms with Gasteiger partial charge in [0.25, 0.3) is 23.6 Å². The van der Waals surface area contributed by atoms with Crippen LogP contribution in [0.1, 0.15) is 112 Å². The van der Waals surface area contributed by atoms with Crippen LogP contribution in [0.2, 0.25) is 5.15 Å². The molecule has 0 radical (unpaired) electrons. The zero-order chi connectivity index (χ0) is 59.4. The summed E-state index contributed by atoms with van der Waals surface area (Å²) < 4.78 is 31.4. The second-order valence-electron chi connectivity index (χ2n) is 21.9. The van der Waals surface area contributed by atoms with Crippen molar-refractivity contribution in [3.8, 4) is 12.1 Å². The lowest BCUT2D eigenvalue weighted by Crippen LogP contribution is -2.44. The fraction of sp³-hybridized carbons (Fsp3) is 0.375. The van der Waals surface area contributed by atoms with E-state index in [1.54, 1.807) is 88.8 Å². The van der Waals surface area contributed by atoms with E-state index in [1.807, 2.05) is 52.0 Å². The van der Waals surface area contributed by atoms with Gasteiger partial charge in [0.2, 0.25) is 0 Å². The van der Waals surface area contributed by atoms with Crippen LogP contribution >= 0.6 is 11.6 Å². The number of pyridine rings is 2. The summed E-state index contributed by atoms with van der Waals surface area (Å²) in [6, 6.07) is 31.0. The van der Waals surface area contributed by atoms with Crippen LogP contribution < -0.4 is 20.9 Å². The number of rotatable bonds is 9. The van der Waals surface area contributed by atoms with Crippen molar-refractivity contribution in [2.45, 2.75) is 64.7 Å². The van der Waals surface area contributed by atoms with Gasteiger partial charge >= 0.3 is 0 Å². The van der Waals surface area contributed by atoms with Gasteiger partial charge in [0, 0.05) is 139 Å². The van der Waals surface area contributed by atoms with Crippen LogP contribution in [-0.2, 0) is 11.3 Å². The Balaban J connectivity index is 0.000000196. The van der Waals surface area contributed by atoms with E-state index >= 15 is 8.78 Å². The summed E-state index contributed by atoms with van der Waals surface area (Å²) in [4.78, 5) is 71.2. The summed E-state index contributed by atoms with van der Waals surface area (Å²) in [6.45, 7) is 17.0. The Hall–Kier alpha value is -8.13. The molecule has 16 nitrogen and oxygen atoms in total. The van der Waals surface area contributed by atoms with Crippen molar-refractivity contribution in [1.82, 2.24) is 34.9 Å². The van der Waals surface area contributed by atoms with Gasteiger partial charge in [-0.3, -0.25) is 19.2 Å². The summed E-state index contributed by atoms with van der Waals surface area (Å²) >= 11 is 5.79. The molecule has 0 aliphatic carbocycles. The zero-order valence-electron chi connectivity index (χ0n) is 48.0. The number of piperazine rings is 2. The quantitative estimate of drug-likeness (QED) is 0.116. The minimum absolute atomic E-state index is 0.169. The number of amides is 4. The summed E-state index contributed by atoms with van der Waals surface area (Å²) in [7, 11) is 4.26. The monoisotopic (exact) mass is 1140 g/mol. The number of aromatic nitrogens is 2. The first kappa shape index (κ1) is 61.0. The number of piperidine rings is 2. The number of nitriles is 2. The van der Waals surface area contributed by atoms with Crippen molar-refractivity contribution in [3.05, 3.63) is 181 Å². The second kappa shape index (κ2) is 27.3. The van der Waals surface area contributed by atoms with Crippen LogP contribution in [-0.4, -0.2) is 146 Å². The third-order valence-corrected chi connectivity index (χ3v) is 16.2. The van der Waals surface area contributed by atoms with E-state index in [-0.39, 0.29) is 75.5 Å². The maximum Gasteiger partial charge on any atom is 0.257 e.